The smallest absolute Gasteiger partial charge is 0.222 e. The molecule has 1 unspecified atom stereocenters. The lowest BCUT2D eigenvalue weighted by Crippen LogP contribution is -2.36. The third kappa shape index (κ3) is 6.99. The maximum absolute atomic E-state index is 12.1. The Labute approximate surface area is 172 Å². The van der Waals surface area contributed by atoms with Crippen LogP contribution < -0.4 is 16.0 Å². The van der Waals surface area contributed by atoms with Crippen LogP contribution in [0.1, 0.15) is 23.6 Å². The number of nitrogens with one attached hydrogen (secondary N) is 1. The molecule has 1 aromatic carbocycles. The van der Waals surface area contributed by atoms with E-state index in [2.05, 4.69) is 15.2 Å². The Morgan fingerprint density at radius 1 is 1.15 bits per heavy atom. The van der Waals surface area contributed by atoms with E-state index in [9.17, 15) is 4.79 Å². The highest BCUT2D eigenvalue weighted by Crippen LogP contribution is 2.14. The topological polar surface area (TPSA) is 80.5 Å². The van der Waals surface area contributed by atoms with E-state index in [-0.39, 0.29) is 43.2 Å². The Kier molecular flexibility index (Phi) is 10.1. The number of anilines is 1. The van der Waals surface area contributed by atoms with Crippen LogP contribution in [0.15, 0.2) is 48.7 Å². The molecule has 1 amide bonds. The summed E-state index contributed by atoms with van der Waals surface area (Å²) in [6.07, 6.45) is 2.07. The van der Waals surface area contributed by atoms with E-state index in [1.165, 1.54) is 0 Å². The number of nitrogens with zero attached hydrogens (tertiary/aromatic N) is 2. The van der Waals surface area contributed by atoms with Crippen molar-refractivity contribution >= 4 is 36.5 Å². The van der Waals surface area contributed by atoms with Crippen LogP contribution in [0.4, 0.5) is 5.82 Å². The molecule has 3 N–H and O–H groups in total. The van der Waals surface area contributed by atoms with Gasteiger partial charge in [-0.25, -0.2) is 4.98 Å². The van der Waals surface area contributed by atoms with Gasteiger partial charge < -0.3 is 20.7 Å². The first-order chi connectivity index (χ1) is 12.2. The predicted octanol–water partition coefficient (Wildman–Crippen LogP) is 2.47. The molecule has 3 rings (SSSR count). The average Bonchev–Trinajstić information content (AvgIpc) is 2.68. The molecule has 0 bridgehead atoms. The highest BCUT2D eigenvalue weighted by Gasteiger charge is 2.13. The molecule has 1 aromatic heterocycles. The van der Waals surface area contributed by atoms with Crippen LogP contribution in [0.5, 0.6) is 0 Å². The van der Waals surface area contributed by atoms with Crippen LogP contribution in [-0.2, 0) is 16.1 Å². The van der Waals surface area contributed by atoms with Crippen LogP contribution in [0.25, 0.3) is 0 Å². The first-order valence-corrected chi connectivity index (χ1v) is 8.57. The summed E-state index contributed by atoms with van der Waals surface area (Å²) in [5, 5.41) is 2.91. The number of ether oxygens (including phenoxy) is 1. The molecule has 27 heavy (non-hydrogen) atoms. The lowest BCUT2D eigenvalue weighted by Gasteiger charge is -2.27. The second-order valence-electron chi connectivity index (χ2n) is 6.12. The Hall–Kier alpha value is -1.86. The largest absolute Gasteiger partial charge is 0.378 e. The molecule has 1 fully saturated rings. The van der Waals surface area contributed by atoms with Crippen molar-refractivity contribution in [2.45, 2.75) is 19.0 Å². The number of rotatable bonds is 6. The van der Waals surface area contributed by atoms with E-state index < -0.39 is 0 Å². The Morgan fingerprint density at radius 3 is 2.48 bits per heavy atom. The van der Waals surface area contributed by atoms with Gasteiger partial charge in [-0.05, 0) is 17.2 Å². The van der Waals surface area contributed by atoms with E-state index in [0.717, 1.165) is 43.2 Å². The lowest BCUT2D eigenvalue weighted by atomic mass is 10.0. The number of carbonyl (C=O) groups is 1. The number of amides is 1. The van der Waals surface area contributed by atoms with Crippen LogP contribution in [0.2, 0.25) is 0 Å². The SMILES string of the molecule is Cl.Cl.NC(CC(=O)NCc1ccc(N2CCOCC2)nc1)c1ccccc1. The normalized spacial score (nSPS) is 14.5. The van der Waals surface area contributed by atoms with Gasteiger partial charge >= 0.3 is 0 Å². The molecule has 0 saturated carbocycles. The molecule has 1 aliphatic rings. The zero-order chi connectivity index (χ0) is 17.5. The fourth-order valence-electron chi connectivity index (χ4n) is 2.79. The number of carbonyl (C=O) groups excluding carboxylic acids is 1. The van der Waals surface area contributed by atoms with Crippen LogP contribution >= 0.6 is 24.8 Å². The van der Waals surface area contributed by atoms with Crippen molar-refractivity contribution in [2.75, 3.05) is 31.2 Å². The number of hydrogen-bond acceptors (Lipinski definition) is 5. The number of aromatic nitrogens is 1. The fraction of sp³-hybridized carbons (Fsp3) is 0.368. The highest BCUT2D eigenvalue weighted by molar-refractivity contribution is 5.85. The summed E-state index contributed by atoms with van der Waals surface area (Å²) in [7, 11) is 0. The van der Waals surface area contributed by atoms with Gasteiger partial charge in [0.15, 0.2) is 0 Å². The van der Waals surface area contributed by atoms with Crippen molar-refractivity contribution in [1.29, 1.82) is 0 Å². The van der Waals surface area contributed by atoms with Gasteiger partial charge in [-0.3, -0.25) is 4.79 Å². The summed E-state index contributed by atoms with van der Waals surface area (Å²) in [6, 6.07) is 13.4. The minimum atomic E-state index is -0.289. The van der Waals surface area contributed by atoms with Gasteiger partial charge in [0.05, 0.1) is 13.2 Å². The maximum atomic E-state index is 12.1. The fourth-order valence-corrected chi connectivity index (χ4v) is 2.79. The number of nitrogens with two attached hydrogens (primary N) is 1. The minimum absolute atomic E-state index is 0. The Bertz CT molecular complexity index is 680. The zero-order valence-electron chi connectivity index (χ0n) is 15.0. The maximum Gasteiger partial charge on any atom is 0.222 e. The van der Waals surface area contributed by atoms with E-state index in [4.69, 9.17) is 10.5 Å². The van der Waals surface area contributed by atoms with Gasteiger partial charge in [-0.15, -0.1) is 24.8 Å². The molecular weight excluding hydrogens is 387 g/mol. The van der Waals surface area contributed by atoms with Gasteiger partial charge in [0.25, 0.3) is 0 Å². The van der Waals surface area contributed by atoms with Gasteiger partial charge in [-0.1, -0.05) is 36.4 Å². The first kappa shape index (κ1) is 23.2. The molecular formula is C19H26Cl2N4O2. The third-order valence-electron chi connectivity index (χ3n) is 4.27. The van der Waals surface area contributed by atoms with Crippen molar-refractivity contribution in [3.05, 3.63) is 59.8 Å². The summed E-state index contributed by atoms with van der Waals surface area (Å²) in [5.41, 5.74) is 8.02. The summed E-state index contributed by atoms with van der Waals surface area (Å²) in [5.74, 6) is 0.887. The van der Waals surface area contributed by atoms with E-state index >= 15 is 0 Å². The van der Waals surface area contributed by atoms with Crippen LogP contribution in [0.3, 0.4) is 0 Å². The number of pyridine rings is 1. The van der Waals surface area contributed by atoms with Gasteiger partial charge in [0.1, 0.15) is 5.82 Å². The standard InChI is InChI=1S/C19H24N4O2.2ClH/c20-17(16-4-2-1-3-5-16)12-19(24)22-14-15-6-7-18(21-13-15)23-8-10-25-11-9-23;;/h1-7,13,17H,8-12,14,20H2,(H,22,24);2*1H. The highest BCUT2D eigenvalue weighted by atomic mass is 35.5. The molecule has 0 spiro atoms. The third-order valence-corrected chi connectivity index (χ3v) is 4.27. The number of benzene rings is 1. The number of hydrogen-bond donors (Lipinski definition) is 2. The first-order valence-electron chi connectivity index (χ1n) is 8.57. The van der Waals surface area contributed by atoms with Crippen LogP contribution in [-0.4, -0.2) is 37.2 Å². The van der Waals surface area contributed by atoms with E-state index in [1.54, 1.807) is 0 Å². The second kappa shape index (κ2) is 11.8. The Morgan fingerprint density at radius 2 is 1.85 bits per heavy atom. The minimum Gasteiger partial charge on any atom is -0.378 e. The predicted molar refractivity (Wildman–Crippen MR) is 112 cm³/mol. The molecule has 2 heterocycles. The van der Waals surface area contributed by atoms with Gasteiger partial charge in [-0.2, -0.15) is 0 Å². The molecule has 148 valence electrons. The van der Waals surface area contributed by atoms with Gasteiger partial charge in [0, 0.05) is 38.3 Å². The summed E-state index contributed by atoms with van der Waals surface area (Å²) >= 11 is 0. The quantitative estimate of drug-likeness (QED) is 0.761. The molecule has 0 radical (unpaired) electrons. The summed E-state index contributed by atoms with van der Waals surface area (Å²) < 4.78 is 5.35. The summed E-state index contributed by atoms with van der Waals surface area (Å²) in [6.45, 7) is 3.65. The second-order valence-corrected chi connectivity index (χ2v) is 6.12. The number of morpholine rings is 1. The van der Waals surface area contributed by atoms with Crippen molar-refractivity contribution in [2.24, 2.45) is 5.73 Å². The van der Waals surface area contributed by atoms with Crippen molar-refractivity contribution in [3.63, 3.8) is 0 Å². The van der Waals surface area contributed by atoms with E-state index in [0.29, 0.717) is 6.54 Å². The Balaban J connectivity index is 0.00000182. The number of halogens is 2. The average molecular weight is 413 g/mol. The molecule has 1 atom stereocenters. The van der Waals surface area contributed by atoms with Crippen molar-refractivity contribution in [3.8, 4) is 0 Å². The molecule has 0 aliphatic carbocycles. The van der Waals surface area contributed by atoms with Gasteiger partial charge in [0.2, 0.25) is 5.91 Å². The van der Waals surface area contributed by atoms with E-state index in [1.807, 2.05) is 48.7 Å². The van der Waals surface area contributed by atoms with Crippen LogP contribution in [0, 0.1) is 0 Å². The van der Waals surface area contributed by atoms with Crippen molar-refractivity contribution < 1.29 is 9.53 Å². The molecule has 2 aromatic rings. The molecule has 1 aliphatic heterocycles. The lowest BCUT2D eigenvalue weighted by molar-refractivity contribution is -0.121. The monoisotopic (exact) mass is 412 g/mol. The molecule has 8 heteroatoms. The molecule has 6 nitrogen and oxygen atoms in total. The van der Waals surface area contributed by atoms with Crippen molar-refractivity contribution in [1.82, 2.24) is 10.3 Å². The molecule has 1 saturated heterocycles. The summed E-state index contributed by atoms with van der Waals surface area (Å²) in [4.78, 5) is 18.8. The zero-order valence-corrected chi connectivity index (χ0v) is 16.7.